The molecule has 1 N–H and O–H groups in total. The maximum Gasteiger partial charge on any atom is 0.257 e. The van der Waals surface area contributed by atoms with Crippen molar-refractivity contribution in [2.24, 2.45) is 0 Å². The van der Waals surface area contributed by atoms with E-state index < -0.39 is 9.84 Å². The fourth-order valence-corrected chi connectivity index (χ4v) is 4.61. The lowest BCUT2D eigenvalue weighted by Gasteiger charge is -2.24. The lowest BCUT2D eigenvalue weighted by molar-refractivity contribution is 0.0745. The molecule has 3 rings (SSSR count). The molecule has 0 aliphatic carbocycles. The van der Waals surface area contributed by atoms with Gasteiger partial charge in [0.15, 0.2) is 9.84 Å². The van der Waals surface area contributed by atoms with Gasteiger partial charge in [-0.15, -0.1) is 0 Å². The fraction of sp³-hybridized carbons (Fsp3) is 0.312. The lowest BCUT2D eigenvalue weighted by Crippen LogP contribution is -2.37. The van der Waals surface area contributed by atoms with Gasteiger partial charge in [0.1, 0.15) is 5.75 Å². The van der Waals surface area contributed by atoms with Crippen LogP contribution in [0.15, 0.2) is 36.4 Å². The average Bonchev–Trinajstić information content (AvgIpc) is 2.85. The highest BCUT2D eigenvalue weighted by molar-refractivity contribution is 7.91. The first kappa shape index (κ1) is 14.8. The summed E-state index contributed by atoms with van der Waals surface area (Å²) in [5, 5.41) is 11.8. The fourth-order valence-electron chi connectivity index (χ4n) is 2.84. The Morgan fingerprint density at radius 2 is 1.86 bits per heavy atom. The van der Waals surface area contributed by atoms with Crippen molar-refractivity contribution in [2.45, 2.75) is 12.5 Å². The highest BCUT2D eigenvalue weighted by Crippen LogP contribution is 2.27. The van der Waals surface area contributed by atoms with Crippen LogP contribution in [0.25, 0.3) is 10.8 Å². The molecule has 1 heterocycles. The number of aromatic hydroxyl groups is 1. The molecule has 116 valence electrons. The molecule has 2 aromatic rings. The van der Waals surface area contributed by atoms with Crippen molar-refractivity contribution in [3.05, 3.63) is 42.0 Å². The molecule has 1 amide bonds. The predicted molar refractivity (Wildman–Crippen MR) is 84.8 cm³/mol. The summed E-state index contributed by atoms with van der Waals surface area (Å²) in [7, 11) is -1.47. The number of phenols is 1. The Morgan fingerprint density at radius 3 is 2.45 bits per heavy atom. The summed E-state index contributed by atoms with van der Waals surface area (Å²) >= 11 is 0. The summed E-state index contributed by atoms with van der Waals surface area (Å²) in [6.07, 6.45) is 0.443. The lowest BCUT2D eigenvalue weighted by atomic mass is 10.0. The summed E-state index contributed by atoms with van der Waals surface area (Å²) in [6.45, 7) is 0. The van der Waals surface area contributed by atoms with Gasteiger partial charge in [0, 0.05) is 13.1 Å². The molecule has 22 heavy (non-hydrogen) atoms. The number of rotatable bonds is 2. The van der Waals surface area contributed by atoms with Gasteiger partial charge in [-0.3, -0.25) is 4.79 Å². The van der Waals surface area contributed by atoms with Gasteiger partial charge < -0.3 is 10.0 Å². The molecule has 6 heteroatoms. The average molecular weight is 319 g/mol. The van der Waals surface area contributed by atoms with Gasteiger partial charge in [0.05, 0.1) is 17.1 Å². The van der Waals surface area contributed by atoms with E-state index in [9.17, 15) is 18.3 Å². The molecule has 1 unspecified atom stereocenters. The summed E-state index contributed by atoms with van der Waals surface area (Å²) in [5.41, 5.74) is 0.200. The quantitative estimate of drug-likeness (QED) is 0.916. The van der Waals surface area contributed by atoms with Crippen LogP contribution >= 0.6 is 0 Å². The molecule has 5 nitrogen and oxygen atoms in total. The van der Waals surface area contributed by atoms with Crippen LogP contribution in [0.5, 0.6) is 5.75 Å². The molecule has 1 aliphatic heterocycles. The third kappa shape index (κ3) is 2.66. The number of hydrogen-bond acceptors (Lipinski definition) is 4. The molecule has 1 saturated heterocycles. The van der Waals surface area contributed by atoms with Gasteiger partial charge in [0.2, 0.25) is 0 Å². The van der Waals surface area contributed by atoms with Gasteiger partial charge in [-0.25, -0.2) is 8.42 Å². The third-order valence-electron chi connectivity index (χ3n) is 4.17. The third-order valence-corrected chi connectivity index (χ3v) is 5.92. The Kier molecular flexibility index (Phi) is 3.56. The first-order chi connectivity index (χ1) is 10.4. The van der Waals surface area contributed by atoms with E-state index in [4.69, 9.17) is 0 Å². The van der Waals surface area contributed by atoms with Crippen LogP contribution in [-0.4, -0.2) is 48.9 Å². The summed E-state index contributed by atoms with van der Waals surface area (Å²) in [6, 6.07) is 10.3. The van der Waals surface area contributed by atoms with Crippen LogP contribution in [0.1, 0.15) is 16.8 Å². The number of carbonyl (C=O) groups is 1. The molecule has 2 aromatic carbocycles. The standard InChI is InChI=1S/C16H17NO4S/c1-17(13-6-7-22(20,21)10-13)16(19)14-8-11-4-2-3-5-12(11)9-15(14)18/h2-5,8-9,13,18H,6-7,10H2,1H3. The number of fused-ring (bicyclic) bond motifs is 1. The number of amides is 1. The molecule has 0 spiro atoms. The number of benzene rings is 2. The van der Waals surface area contributed by atoms with Crippen molar-refractivity contribution in [2.75, 3.05) is 18.6 Å². The highest BCUT2D eigenvalue weighted by Gasteiger charge is 2.33. The topological polar surface area (TPSA) is 74.7 Å². The summed E-state index contributed by atoms with van der Waals surface area (Å²) in [4.78, 5) is 14.0. The minimum Gasteiger partial charge on any atom is -0.507 e. The van der Waals surface area contributed by atoms with Gasteiger partial charge >= 0.3 is 0 Å². The second-order valence-electron chi connectivity index (χ2n) is 5.69. The Bertz CT molecular complexity index is 844. The van der Waals surface area contributed by atoms with Gasteiger partial charge in [-0.05, 0) is 29.3 Å². The first-order valence-electron chi connectivity index (χ1n) is 7.07. The Labute approximate surface area is 129 Å². The number of phenolic OH excluding ortho intramolecular Hbond substituents is 1. The van der Waals surface area contributed by atoms with E-state index in [2.05, 4.69) is 0 Å². The van der Waals surface area contributed by atoms with Crippen LogP contribution in [0.4, 0.5) is 0 Å². The Morgan fingerprint density at radius 1 is 1.23 bits per heavy atom. The molecule has 1 aliphatic rings. The predicted octanol–water partition coefficient (Wildman–Crippen LogP) is 1.80. The molecule has 1 atom stereocenters. The molecular weight excluding hydrogens is 302 g/mol. The number of carbonyl (C=O) groups excluding carboxylic acids is 1. The zero-order chi connectivity index (χ0) is 15.9. The van der Waals surface area contributed by atoms with Gasteiger partial charge in [0.25, 0.3) is 5.91 Å². The second-order valence-corrected chi connectivity index (χ2v) is 7.92. The van der Waals surface area contributed by atoms with E-state index in [1.165, 1.54) is 4.90 Å². The van der Waals surface area contributed by atoms with Crippen LogP contribution in [0.2, 0.25) is 0 Å². The van der Waals surface area contributed by atoms with E-state index in [1.807, 2.05) is 24.3 Å². The molecule has 0 bridgehead atoms. The maximum absolute atomic E-state index is 12.6. The number of sulfone groups is 1. The molecule has 1 fully saturated rings. The largest absolute Gasteiger partial charge is 0.507 e. The van der Waals surface area contributed by atoms with Crippen molar-refractivity contribution < 1.29 is 18.3 Å². The minimum atomic E-state index is -3.06. The van der Waals surface area contributed by atoms with E-state index in [0.29, 0.717) is 6.42 Å². The SMILES string of the molecule is CN(C(=O)c1cc2ccccc2cc1O)C1CCS(=O)(=O)C1. The molecule has 0 aromatic heterocycles. The van der Waals surface area contributed by atoms with E-state index in [1.54, 1.807) is 19.2 Å². The highest BCUT2D eigenvalue weighted by atomic mass is 32.2. The van der Waals surface area contributed by atoms with Crippen LogP contribution in [0, 0.1) is 0 Å². The van der Waals surface area contributed by atoms with Crippen molar-refractivity contribution in [3.8, 4) is 5.75 Å². The molecular formula is C16H17NO4S. The van der Waals surface area contributed by atoms with Crippen molar-refractivity contribution >= 4 is 26.5 Å². The van der Waals surface area contributed by atoms with Crippen molar-refractivity contribution in [1.29, 1.82) is 0 Å². The minimum absolute atomic E-state index is 0.0103. The van der Waals surface area contributed by atoms with Crippen molar-refractivity contribution in [3.63, 3.8) is 0 Å². The summed E-state index contributed by atoms with van der Waals surface area (Å²) in [5.74, 6) is -0.343. The number of nitrogens with zero attached hydrogens (tertiary/aromatic N) is 1. The first-order valence-corrected chi connectivity index (χ1v) is 8.89. The molecule has 0 radical (unpaired) electrons. The Hall–Kier alpha value is -2.08. The van der Waals surface area contributed by atoms with Gasteiger partial charge in [-0.2, -0.15) is 0 Å². The van der Waals surface area contributed by atoms with E-state index in [-0.39, 0.29) is 34.8 Å². The van der Waals surface area contributed by atoms with Crippen molar-refractivity contribution in [1.82, 2.24) is 4.90 Å². The van der Waals surface area contributed by atoms with Gasteiger partial charge in [-0.1, -0.05) is 24.3 Å². The monoisotopic (exact) mass is 319 g/mol. The summed E-state index contributed by atoms with van der Waals surface area (Å²) < 4.78 is 23.1. The second kappa shape index (κ2) is 5.28. The zero-order valence-corrected chi connectivity index (χ0v) is 13.0. The normalized spacial score (nSPS) is 20.1. The van der Waals surface area contributed by atoms with E-state index in [0.717, 1.165) is 10.8 Å². The zero-order valence-electron chi connectivity index (χ0n) is 12.2. The molecule has 0 saturated carbocycles. The van der Waals surface area contributed by atoms with Crippen LogP contribution < -0.4 is 0 Å². The smallest absolute Gasteiger partial charge is 0.257 e. The van der Waals surface area contributed by atoms with Crippen LogP contribution in [0.3, 0.4) is 0 Å². The Balaban J connectivity index is 1.93. The maximum atomic E-state index is 12.6. The van der Waals surface area contributed by atoms with E-state index >= 15 is 0 Å². The number of hydrogen-bond donors (Lipinski definition) is 1. The van der Waals surface area contributed by atoms with Crippen LogP contribution in [-0.2, 0) is 9.84 Å².